The summed E-state index contributed by atoms with van der Waals surface area (Å²) in [5.74, 6) is 1.47. The number of piperidine rings is 1. The highest BCUT2D eigenvalue weighted by atomic mass is 35.5. The van der Waals surface area contributed by atoms with E-state index in [2.05, 4.69) is 4.90 Å². The van der Waals surface area contributed by atoms with Crippen LogP contribution in [0.15, 0.2) is 18.2 Å². The molecule has 32 heavy (non-hydrogen) atoms. The Morgan fingerprint density at radius 1 is 1.09 bits per heavy atom. The largest absolute Gasteiger partial charge is 0.444 e. The van der Waals surface area contributed by atoms with Crippen LogP contribution in [0.2, 0.25) is 5.02 Å². The van der Waals surface area contributed by atoms with Gasteiger partial charge in [0, 0.05) is 51.4 Å². The second-order valence-electron chi connectivity index (χ2n) is 11.2. The third-order valence-electron chi connectivity index (χ3n) is 7.26. The number of hydrogen-bond donors (Lipinski definition) is 0. The second kappa shape index (κ2) is 8.44. The maximum atomic E-state index is 12.2. The fraction of sp³-hybridized carbons (Fsp3) is 0.680. The first-order chi connectivity index (χ1) is 15.0. The summed E-state index contributed by atoms with van der Waals surface area (Å²) in [6.07, 6.45) is 4.68. The Hall–Kier alpha value is -1.95. The summed E-state index contributed by atoms with van der Waals surface area (Å²) in [6, 6.07) is 5.78. The third kappa shape index (κ3) is 4.70. The Bertz CT molecular complexity index is 873. The van der Waals surface area contributed by atoms with Crippen LogP contribution in [0.5, 0.6) is 0 Å². The quantitative estimate of drug-likeness (QED) is 0.642. The van der Waals surface area contributed by atoms with Gasteiger partial charge in [0.15, 0.2) is 0 Å². The number of likely N-dealkylation sites (tertiary alicyclic amines) is 1. The van der Waals surface area contributed by atoms with Crippen LogP contribution in [0.3, 0.4) is 0 Å². The summed E-state index contributed by atoms with van der Waals surface area (Å²) in [6.45, 7) is 9.50. The Morgan fingerprint density at radius 3 is 2.25 bits per heavy atom. The first-order valence-corrected chi connectivity index (χ1v) is 12.1. The SMILES string of the molecule is CN(C)C(=O)c1ccc(N2CCC(C3CC4(C3)CN(C(=O)OC(C)(C)C)C4)CC2)cc1Cl. The van der Waals surface area contributed by atoms with Crippen LogP contribution in [0, 0.1) is 17.3 Å². The molecule has 0 N–H and O–H groups in total. The van der Waals surface area contributed by atoms with Gasteiger partial charge in [0.05, 0.1) is 10.6 Å². The van der Waals surface area contributed by atoms with Crippen molar-refractivity contribution in [1.82, 2.24) is 9.80 Å². The number of carbonyl (C=O) groups excluding carboxylic acids is 2. The molecule has 3 aliphatic rings. The third-order valence-corrected chi connectivity index (χ3v) is 7.57. The number of benzene rings is 1. The van der Waals surface area contributed by atoms with Crippen molar-refractivity contribution >= 4 is 29.3 Å². The van der Waals surface area contributed by atoms with Gasteiger partial charge in [-0.15, -0.1) is 0 Å². The molecule has 6 nitrogen and oxygen atoms in total. The van der Waals surface area contributed by atoms with Crippen LogP contribution in [0.1, 0.15) is 56.8 Å². The fourth-order valence-corrected chi connectivity index (χ4v) is 5.86. The lowest BCUT2D eigenvalue weighted by molar-refractivity contribution is -0.110. The van der Waals surface area contributed by atoms with Gasteiger partial charge < -0.3 is 19.4 Å². The van der Waals surface area contributed by atoms with Gasteiger partial charge in [0.25, 0.3) is 5.91 Å². The molecule has 176 valence electrons. The number of halogens is 1. The molecular weight excluding hydrogens is 426 g/mol. The molecule has 3 fully saturated rings. The van der Waals surface area contributed by atoms with Gasteiger partial charge in [0.2, 0.25) is 0 Å². The van der Waals surface area contributed by atoms with E-state index >= 15 is 0 Å². The molecule has 1 aliphatic carbocycles. The van der Waals surface area contributed by atoms with E-state index in [4.69, 9.17) is 16.3 Å². The van der Waals surface area contributed by atoms with E-state index in [1.165, 1.54) is 25.7 Å². The number of nitrogens with zero attached hydrogens (tertiary/aromatic N) is 3. The average molecular weight is 462 g/mol. The predicted molar refractivity (Wildman–Crippen MR) is 127 cm³/mol. The minimum Gasteiger partial charge on any atom is -0.444 e. The number of amides is 2. The molecule has 4 rings (SSSR count). The molecule has 1 spiro atoms. The Kier molecular flexibility index (Phi) is 6.12. The van der Waals surface area contributed by atoms with Crippen molar-refractivity contribution in [2.75, 3.05) is 45.2 Å². The molecule has 2 heterocycles. The zero-order valence-electron chi connectivity index (χ0n) is 20.0. The summed E-state index contributed by atoms with van der Waals surface area (Å²) >= 11 is 6.41. The maximum Gasteiger partial charge on any atom is 0.410 e. The Morgan fingerprint density at radius 2 is 1.72 bits per heavy atom. The van der Waals surface area contributed by atoms with Crippen LogP contribution < -0.4 is 4.90 Å². The summed E-state index contributed by atoms with van der Waals surface area (Å²) in [5, 5.41) is 0.517. The van der Waals surface area contributed by atoms with Gasteiger partial charge in [-0.1, -0.05) is 11.6 Å². The average Bonchev–Trinajstić information content (AvgIpc) is 2.64. The van der Waals surface area contributed by atoms with Crippen molar-refractivity contribution in [3.63, 3.8) is 0 Å². The van der Waals surface area contributed by atoms with Crippen molar-refractivity contribution < 1.29 is 14.3 Å². The van der Waals surface area contributed by atoms with Crippen molar-refractivity contribution in [1.29, 1.82) is 0 Å². The van der Waals surface area contributed by atoms with Crippen molar-refractivity contribution in [2.45, 2.75) is 52.1 Å². The maximum absolute atomic E-state index is 12.2. The highest BCUT2D eigenvalue weighted by molar-refractivity contribution is 6.34. The normalized spacial score (nSPS) is 21.2. The van der Waals surface area contributed by atoms with Gasteiger partial charge in [0.1, 0.15) is 5.60 Å². The minimum atomic E-state index is -0.428. The highest BCUT2D eigenvalue weighted by Gasteiger charge is 2.55. The van der Waals surface area contributed by atoms with Crippen LogP contribution in [0.25, 0.3) is 0 Å². The fourth-order valence-electron chi connectivity index (χ4n) is 5.61. The summed E-state index contributed by atoms with van der Waals surface area (Å²) in [7, 11) is 3.47. The zero-order chi connectivity index (χ0) is 23.3. The smallest absolute Gasteiger partial charge is 0.410 e. The number of ether oxygens (including phenoxy) is 1. The molecule has 0 unspecified atom stereocenters. The second-order valence-corrected chi connectivity index (χ2v) is 11.6. The highest BCUT2D eigenvalue weighted by Crippen LogP contribution is 2.56. The van der Waals surface area contributed by atoms with Gasteiger partial charge in [-0.05, 0) is 76.5 Å². The number of carbonyl (C=O) groups is 2. The molecule has 2 saturated heterocycles. The molecule has 0 radical (unpaired) electrons. The molecule has 0 atom stereocenters. The summed E-state index contributed by atoms with van der Waals surface area (Å²) in [4.78, 5) is 30.2. The van der Waals surface area contributed by atoms with Crippen LogP contribution in [-0.2, 0) is 4.74 Å². The van der Waals surface area contributed by atoms with Crippen molar-refractivity contribution in [3.8, 4) is 0 Å². The lowest BCUT2D eigenvalue weighted by Crippen LogP contribution is -2.65. The zero-order valence-corrected chi connectivity index (χ0v) is 20.7. The molecule has 2 amide bonds. The van der Waals surface area contributed by atoms with Crippen LogP contribution in [-0.4, -0.2) is 67.7 Å². The molecule has 0 aromatic heterocycles. The van der Waals surface area contributed by atoms with Gasteiger partial charge >= 0.3 is 6.09 Å². The van der Waals surface area contributed by atoms with Gasteiger partial charge in [-0.2, -0.15) is 0 Å². The van der Waals surface area contributed by atoms with Gasteiger partial charge in [-0.3, -0.25) is 4.79 Å². The summed E-state index contributed by atoms with van der Waals surface area (Å²) in [5.41, 5.74) is 1.57. The molecule has 1 saturated carbocycles. The molecule has 7 heteroatoms. The van der Waals surface area contributed by atoms with E-state index in [0.29, 0.717) is 16.0 Å². The van der Waals surface area contributed by atoms with Crippen LogP contribution in [0.4, 0.5) is 10.5 Å². The molecule has 1 aromatic carbocycles. The monoisotopic (exact) mass is 461 g/mol. The molecule has 0 bridgehead atoms. The minimum absolute atomic E-state index is 0.0691. The van der Waals surface area contributed by atoms with E-state index in [-0.39, 0.29) is 12.0 Å². The topological polar surface area (TPSA) is 53.1 Å². The number of rotatable bonds is 3. The Labute approximate surface area is 196 Å². The molecule has 2 aliphatic heterocycles. The van der Waals surface area contributed by atoms with E-state index in [0.717, 1.165) is 43.7 Å². The summed E-state index contributed by atoms with van der Waals surface area (Å²) < 4.78 is 5.49. The number of anilines is 1. The predicted octanol–water partition coefficient (Wildman–Crippen LogP) is 4.91. The lowest BCUT2D eigenvalue weighted by Gasteiger charge is -2.60. The Balaban J connectivity index is 1.23. The van der Waals surface area contributed by atoms with E-state index in [9.17, 15) is 9.59 Å². The molecular formula is C25H36ClN3O3. The standard InChI is InChI=1S/C25H36ClN3O3/c1-24(2,3)32-23(31)29-15-25(16-29)13-18(14-25)17-8-10-28(11-9-17)19-6-7-20(21(26)12-19)22(30)27(4)5/h6-7,12,17-18H,8-11,13-16H2,1-5H3. The van der Waals surface area contributed by atoms with Gasteiger partial charge in [-0.25, -0.2) is 4.79 Å². The van der Waals surface area contributed by atoms with Crippen LogP contribution >= 0.6 is 11.6 Å². The first-order valence-electron chi connectivity index (χ1n) is 11.7. The van der Waals surface area contributed by atoms with E-state index in [1.807, 2.05) is 43.9 Å². The van der Waals surface area contributed by atoms with E-state index in [1.54, 1.807) is 19.0 Å². The first kappa shape index (κ1) is 23.2. The molecule has 1 aromatic rings. The van der Waals surface area contributed by atoms with Crippen molar-refractivity contribution in [3.05, 3.63) is 28.8 Å². The van der Waals surface area contributed by atoms with Crippen molar-refractivity contribution in [2.24, 2.45) is 17.3 Å². The lowest BCUT2D eigenvalue weighted by atomic mass is 9.54. The van der Waals surface area contributed by atoms with E-state index < -0.39 is 5.60 Å². The number of hydrogen-bond acceptors (Lipinski definition) is 4.